The number of carbonyl (C=O) groups excluding carboxylic acids is 1. The summed E-state index contributed by atoms with van der Waals surface area (Å²) in [4.78, 5) is 26.5. The number of nitrogens with one attached hydrogen (secondary N) is 1. The lowest BCUT2D eigenvalue weighted by Crippen LogP contribution is -2.41. The Morgan fingerprint density at radius 2 is 1.87 bits per heavy atom. The summed E-state index contributed by atoms with van der Waals surface area (Å²) in [5.74, 6) is 2.11. The molecule has 0 amide bonds. The number of aromatic nitrogens is 2. The van der Waals surface area contributed by atoms with Gasteiger partial charge in [0.15, 0.2) is 5.78 Å². The molecule has 0 spiro atoms. The molecule has 1 saturated carbocycles. The predicted octanol–water partition coefficient (Wildman–Crippen LogP) is 6.10. The van der Waals surface area contributed by atoms with E-state index in [0.717, 1.165) is 77.1 Å². The number of rotatable bonds is 12. The van der Waals surface area contributed by atoms with Gasteiger partial charge in [0.1, 0.15) is 17.8 Å². The summed E-state index contributed by atoms with van der Waals surface area (Å²) in [6.45, 7) is 12.4. The van der Waals surface area contributed by atoms with Gasteiger partial charge < -0.3 is 10.2 Å². The van der Waals surface area contributed by atoms with E-state index in [4.69, 9.17) is 0 Å². The second-order valence-electron chi connectivity index (χ2n) is 11.9. The van der Waals surface area contributed by atoms with Gasteiger partial charge in [0, 0.05) is 62.9 Å². The second kappa shape index (κ2) is 12.9. The Hall–Kier alpha value is -2.73. The van der Waals surface area contributed by atoms with Crippen LogP contribution in [0.25, 0.3) is 0 Å². The van der Waals surface area contributed by atoms with Crippen LogP contribution in [0.15, 0.2) is 48.9 Å². The third-order valence-corrected chi connectivity index (χ3v) is 8.81. The number of benzene rings is 1. The van der Waals surface area contributed by atoms with Gasteiger partial charge >= 0.3 is 0 Å². The highest BCUT2D eigenvalue weighted by atomic mass is 16.1. The topological polar surface area (TPSA) is 61.4 Å². The molecule has 1 aromatic carbocycles. The summed E-state index contributed by atoms with van der Waals surface area (Å²) in [5, 5.41) is 3.52. The fraction of sp³-hybridized carbons (Fsp3) is 0.594. The van der Waals surface area contributed by atoms with Crippen molar-refractivity contribution in [3.05, 3.63) is 65.8 Å². The highest BCUT2D eigenvalue weighted by Crippen LogP contribution is 2.37. The second-order valence-corrected chi connectivity index (χ2v) is 11.9. The highest BCUT2D eigenvalue weighted by Gasteiger charge is 2.33. The van der Waals surface area contributed by atoms with Crippen LogP contribution >= 0.6 is 0 Å². The minimum atomic E-state index is 0.126. The van der Waals surface area contributed by atoms with E-state index in [9.17, 15) is 4.79 Å². The van der Waals surface area contributed by atoms with Crippen molar-refractivity contribution < 1.29 is 4.79 Å². The van der Waals surface area contributed by atoms with Gasteiger partial charge in [-0.1, -0.05) is 44.2 Å². The lowest BCUT2D eigenvalue weighted by Gasteiger charge is -2.42. The van der Waals surface area contributed by atoms with Crippen molar-refractivity contribution in [2.24, 2.45) is 11.8 Å². The Kier molecular flexibility index (Phi) is 9.10. The van der Waals surface area contributed by atoms with Crippen molar-refractivity contribution >= 4 is 11.6 Å². The molecule has 0 bridgehead atoms. The van der Waals surface area contributed by atoms with Gasteiger partial charge in [0.2, 0.25) is 0 Å². The number of carbonyl (C=O) groups is 1. The van der Waals surface area contributed by atoms with Crippen LogP contribution in [0, 0.1) is 11.8 Å². The molecule has 3 heterocycles. The molecule has 1 saturated heterocycles. The van der Waals surface area contributed by atoms with Crippen molar-refractivity contribution in [2.45, 2.75) is 83.7 Å². The number of hydrogen-bond donors (Lipinski definition) is 1. The zero-order chi connectivity index (χ0) is 26.3. The van der Waals surface area contributed by atoms with Crippen molar-refractivity contribution in [1.82, 2.24) is 19.8 Å². The Morgan fingerprint density at radius 3 is 2.68 bits per heavy atom. The smallest absolute Gasteiger partial charge is 0.181 e. The average molecular weight is 516 g/mol. The van der Waals surface area contributed by atoms with Crippen LogP contribution in [0.5, 0.6) is 0 Å². The number of ketones is 1. The van der Waals surface area contributed by atoms with Crippen LogP contribution in [0.2, 0.25) is 0 Å². The summed E-state index contributed by atoms with van der Waals surface area (Å²) in [6, 6.07) is 11.1. The predicted molar refractivity (Wildman–Crippen MR) is 154 cm³/mol. The van der Waals surface area contributed by atoms with Crippen LogP contribution in [0.3, 0.4) is 0 Å². The number of Topliss-reactive ketones (excluding diaryl/α,β-unsaturated/α-hetero) is 1. The maximum absolute atomic E-state index is 12.8. The molecule has 0 unspecified atom stereocenters. The van der Waals surface area contributed by atoms with E-state index in [2.05, 4.69) is 62.9 Å². The summed E-state index contributed by atoms with van der Waals surface area (Å²) in [5.41, 5.74) is 4.84. The first-order valence-electron chi connectivity index (χ1n) is 14.9. The number of hydrogen-bond acceptors (Lipinski definition) is 6. The molecular formula is C32H45N5O. The van der Waals surface area contributed by atoms with Gasteiger partial charge in [-0.05, 0) is 68.4 Å². The van der Waals surface area contributed by atoms with Crippen LogP contribution in [0.4, 0.5) is 5.82 Å². The number of unbranched alkanes of at least 4 members (excludes halogenated alkanes) is 1. The maximum atomic E-state index is 12.8. The monoisotopic (exact) mass is 515 g/mol. The van der Waals surface area contributed by atoms with Gasteiger partial charge in [0.25, 0.3) is 0 Å². The molecule has 2 aromatic rings. The third kappa shape index (κ3) is 7.02. The van der Waals surface area contributed by atoms with Crippen LogP contribution in [-0.4, -0.2) is 57.8 Å². The standard InChI is InChI=1S/C32H45N5O/c1-24(21-36-17-14-26-11-5-6-12-27(26)22-36)10-4-7-13-31(38)30-20-32(34-23-33-30)35-29-18-28(19-29)25(2)37-15-8-3-9-16-37/h5-6,11-12,20,23-24,28-29H,2-4,7-10,13-19,21-22H2,1H3,(H,33,34,35)/t24-,28-,29+/m0/s1. The van der Waals surface area contributed by atoms with E-state index < -0.39 is 0 Å². The van der Waals surface area contributed by atoms with E-state index in [1.165, 1.54) is 42.4 Å². The molecule has 3 aliphatic rings. The third-order valence-electron chi connectivity index (χ3n) is 8.81. The molecule has 2 aliphatic heterocycles. The van der Waals surface area contributed by atoms with Gasteiger partial charge in [0.05, 0.1) is 0 Å². The summed E-state index contributed by atoms with van der Waals surface area (Å²) >= 11 is 0. The van der Waals surface area contributed by atoms with Gasteiger partial charge in [-0.3, -0.25) is 9.69 Å². The fourth-order valence-corrected chi connectivity index (χ4v) is 6.39. The van der Waals surface area contributed by atoms with Gasteiger partial charge in [-0.2, -0.15) is 0 Å². The molecule has 204 valence electrons. The number of likely N-dealkylation sites (tertiary alicyclic amines) is 1. The Balaban J connectivity index is 0.988. The Morgan fingerprint density at radius 1 is 1.08 bits per heavy atom. The number of piperidine rings is 1. The molecule has 0 radical (unpaired) electrons. The van der Waals surface area contributed by atoms with E-state index in [1.807, 2.05) is 6.07 Å². The van der Waals surface area contributed by atoms with E-state index in [0.29, 0.717) is 30.0 Å². The molecule has 1 aromatic heterocycles. The van der Waals surface area contributed by atoms with Crippen LogP contribution in [-0.2, 0) is 13.0 Å². The average Bonchev–Trinajstić information content (AvgIpc) is 2.93. The number of fused-ring (bicyclic) bond motifs is 1. The van der Waals surface area contributed by atoms with E-state index >= 15 is 0 Å². The quantitative estimate of drug-likeness (QED) is 0.272. The van der Waals surface area contributed by atoms with E-state index in [1.54, 1.807) is 0 Å². The lowest BCUT2D eigenvalue weighted by atomic mass is 9.77. The zero-order valence-corrected chi connectivity index (χ0v) is 23.2. The largest absolute Gasteiger partial charge is 0.375 e. The van der Waals surface area contributed by atoms with Crippen molar-refractivity contribution in [3.63, 3.8) is 0 Å². The van der Waals surface area contributed by atoms with Crippen molar-refractivity contribution in [1.29, 1.82) is 0 Å². The Bertz CT molecular complexity index is 1090. The Labute approximate surface area is 228 Å². The maximum Gasteiger partial charge on any atom is 0.181 e. The summed E-state index contributed by atoms with van der Waals surface area (Å²) in [7, 11) is 0. The lowest BCUT2D eigenvalue weighted by molar-refractivity contribution is 0.0973. The van der Waals surface area contributed by atoms with Crippen LogP contribution < -0.4 is 5.32 Å². The zero-order valence-electron chi connectivity index (χ0n) is 23.2. The molecular weight excluding hydrogens is 470 g/mol. The first-order valence-corrected chi connectivity index (χ1v) is 14.9. The van der Waals surface area contributed by atoms with Crippen LogP contribution in [0.1, 0.15) is 86.3 Å². The molecule has 1 N–H and O–H groups in total. The fourth-order valence-electron chi connectivity index (χ4n) is 6.39. The summed E-state index contributed by atoms with van der Waals surface area (Å²) < 4.78 is 0. The number of nitrogens with zero attached hydrogens (tertiary/aromatic N) is 4. The first kappa shape index (κ1) is 26.9. The van der Waals surface area contributed by atoms with Gasteiger partial charge in [-0.15, -0.1) is 0 Å². The SMILES string of the molecule is C=C([C@H]1C[C@@H](Nc2cc(C(=O)CCCC[C@H](C)CN3CCc4ccccc4C3)ncn2)C1)N1CCCCC1. The molecule has 6 nitrogen and oxygen atoms in total. The molecule has 5 rings (SSSR count). The normalized spacial score (nSPS) is 22.3. The molecule has 6 heteroatoms. The molecule has 1 atom stereocenters. The van der Waals surface area contributed by atoms with Crippen molar-refractivity contribution in [2.75, 3.05) is 31.5 Å². The molecule has 2 fully saturated rings. The highest BCUT2D eigenvalue weighted by molar-refractivity contribution is 5.94. The molecule has 1 aliphatic carbocycles. The van der Waals surface area contributed by atoms with Gasteiger partial charge in [-0.25, -0.2) is 9.97 Å². The minimum absolute atomic E-state index is 0.126. The number of anilines is 1. The summed E-state index contributed by atoms with van der Waals surface area (Å²) in [6.07, 6.45) is 12.5. The minimum Gasteiger partial charge on any atom is -0.375 e. The van der Waals surface area contributed by atoms with E-state index in [-0.39, 0.29) is 5.78 Å². The van der Waals surface area contributed by atoms with Crippen molar-refractivity contribution in [3.8, 4) is 0 Å². The number of allylic oxidation sites excluding steroid dienone is 1. The first-order chi connectivity index (χ1) is 18.5. The molecule has 38 heavy (non-hydrogen) atoms.